The van der Waals surface area contributed by atoms with Crippen LogP contribution in [0.1, 0.15) is 42.6 Å². The number of benzene rings is 2. The minimum Gasteiger partial charge on any atom is -0.339 e. The van der Waals surface area contributed by atoms with Gasteiger partial charge in [-0.3, -0.25) is 9.59 Å². The summed E-state index contributed by atoms with van der Waals surface area (Å²) in [6, 6.07) is 17.2. The zero-order valence-electron chi connectivity index (χ0n) is 16.5. The van der Waals surface area contributed by atoms with Crippen LogP contribution in [-0.4, -0.2) is 40.7 Å². The lowest BCUT2D eigenvalue weighted by Gasteiger charge is -2.36. The highest BCUT2D eigenvalue weighted by Gasteiger charge is 2.31. The van der Waals surface area contributed by atoms with Crippen molar-refractivity contribution in [3.63, 3.8) is 0 Å². The lowest BCUT2D eigenvalue weighted by molar-refractivity contribution is -0.139. The van der Waals surface area contributed by atoms with Crippen molar-refractivity contribution in [2.24, 2.45) is 5.92 Å². The maximum Gasteiger partial charge on any atom is 0.253 e. The average molecular weight is 399 g/mol. The Hall–Kier alpha value is -2.33. The molecule has 0 aliphatic carbocycles. The number of rotatable bonds is 5. The fourth-order valence-electron chi connectivity index (χ4n) is 3.63. The van der Waals surface area contributed by atoms with Crippen LogP contribution in [0.2, 0.25) is 5.02 Å². The third-order valence-electron chi connectivity index (χ3n) is 5.32. The van der Waals surface area contributed by atoms with Crippen LogP contribution in [0.4, 0.5) is 0 Å². The van der Waals surface area contributed by atoms with E-state index in [0.29, 0.717) is 43.1 Å². The van der Waals surface area contributed by atoms with E-state index in [1.807, 2.05) is 28.0 Å². The van der Waals surface area contributed by atoms with Crippen molar-refractivity contribution in [2.45, 2.75) is 39.3 Å². The lowest BCUT2D eigenvalue weighted by Crippen LogP contribution is -2.46. The minimum atomic E-state index is -0.0274. The van der Waals surface area contributed by atoms with Crippen molar-refractivity contribution in [2.75, 3.05) is 13.1 Å². The van der Waals surface area contributed by atoms with Crippen LogP contribution in [0, 0.1) is 5.92 Å². The molecule has 0 saturated carbocycles. The molecule has 1 heterocycles. The van der Waals surface area contributed by atoms with Crippen molar-refractivity contribution in [1.82, 2.24) is 9.80 Å². The molecule has 0 N–H and O–H groups in total. The third kappa shape index (κ3) is 4.93. The first-order valence-corrected chi connectivity index (χ1v) is 10.2. The summed E-state index contributed by atoms with van der Waals surface area (Å²) >= 11 is 5.90. The first-order valence-electron chi connectivity index (χ1n) is 9.85. The normalized spacial score (nSPS) is 14.9. The van der Waals surface area contributed by atoms with Crippen LogP contribution in [-0.2, 0) is 11.3 Å². The number of likely N-dealkylation sites (tertiary alicyclic amines) is 1. The molecular weight excluding hydrogens is 372 g/mol. The number of amides is 2. The van der Waals surface area contributed by atoms with Crippen LogP contribution in [0.15, 0.2) is 54.6 Å². The maximum atomic E-state index is 13.1. The molecule has 2 amide bonds. The SMILES string of the molecule is CC(C)N(Cc1ccccc1)C(=O)C1CCN(C(=O)c2ccc(Cl)cc2)CC1. The quantitative estimate of drug-likeness (QED) is 0.736. The molecule has 3 rings (SSSR count). The predicted molar refractivity (Wildman–Crippen MR) is 112 cm³/mol. The summed E-state index contributed by atoms with van der Waals surface area (Å²) in [5.74, 6) is 0.172. The monoisotopic (exact) mass is 398 g/mol. The molecule has 1 aliphatic heterocycles. The fraction of sp³-hybridized carbons (Fsp3) is 0.391. The van der Waals surface area contributed by atoms with E-state index in [-0.39, 0.29) is 23.8 Å². The van der Waals surface area contributed by atoms with Crippen LogP contribution in [0.3, 0.4) is 0 Å². The van der Waals surface area contributed by atoms with Gasteiger partial charge in [0.2, 0.25) is 5.91 Å². The Balaban J connectivity index is 1.60. The molecule has 0 aromatic heterocycles. The zero-order chi connectivity index (χ0) is 20.1. The standard InChI is InChI=1S/C23H27ClN2O2/c1-17(2)26(16-18-6-4-3-5-7-18)23(28)20-12-14-25(15-13-20)22(27)19-8-10-21(24)11-9-19/h3-11,17,20H,12-16H2,1-2H3. The minimum absolute atomic E-state index is 0.00701. The molecule has 0 radical (unpaired) electrons. The molecule has 0 spiro atoms. The number of nitrogens with zero attached hydrogens (tertiary/aromatic N) is 2. The Morgan fingerprint density at radius 2 is 1.64 bits per heavy atom. The largest absolute Gasteiger partial charge is 0.339 e. The number of carbonyl (C=O) groups is 2. The van der Waals surface area contributed by atoms with Crippen molar-refractivity contribution in [3.8, 4) is 0 Å². The summed E-state index contributed by atoms with van der Waals surface area (Å²) in [4.78, 5) is 29.6. The van der Waals surface area contributed by atoms with Gasteiger partial charge >= 0.3 is 0 Å². The van der Waals surface area contributed by atoms with E-state index < -0.39 is 0 Å². The van der Waals surface area contributed by atoms with Gasteiger partial charge in [-0.15, -0.1) is 0 Å². The summed E-state index contributed by atoms with van der Waals surface area (Å²) in [6.07, 6.45) is 1.41. The second-order valence-electron chi connectivity index (χ2n) is 7.62. The van der Waals surface area contributed by atoms with Crippen LogP contribution >= 0.6 is 11.6 Å². The summed E-state index contributed by atoms with van der Waals surface area (Å²) in [6.45, 7) is 5.95. The van der Waals surface area contributed by atoms with E-state index in [1.165, 1.54) is 0 Å². The summed E-state index contributed by atoms with van der Waals surface area (Å²) < 4.78 is 0. The number of carbonyl (C=O) groups excluding carboxylic acids is 2. The number of hydrogen-bond donors (Lipinski definition) is 0. The number of halogens is 1. The lowest BCUT2D eigenvalue weighted by atomic mass is 9.94. The van der Waals surface area contributed by atoms with E-state index in [9.17, 15) is 9.59 Å². The van der Waals surface area contributed by atoms with Crippen LogP contribution < -0.4 is 0 Å². The van der Waals surface area contributed by atoms with Crippen molar-refractivity contribution in [3.05, 3.63) is 70.7 Å². The molecule has 28 heavy (non-hydrogen) atoms. The van der Waals surface area contributed by atoms with Crippen molar-refractivity contribution >= 4 is 23.4 Å². The molecule has 0 unspecified atom stereocenters. The summed E-state index contributed by atoms with van der Waals surface area (Å²) in [5, 5.41) is 0.619. The molecule has 2 aromatic rings. The van der Waals surface area contributed by atoms with Crippen molar-refractivity contribution < 1.29 is 9.59 Å². The van der Waals surface area contributed by atoms with Gasteiger partial charge < -0.3 is 9.80 Å². The van der Waals surface area contributed by atoms with Gasteiger partial charge in [0.05, 0.1) is 0 Å². The van der Waals surface area contributed by atoms with Gasteiger partial charge in [0, 0.05) is 42.2 Å². The highest BCUT2D eigenvalue weighted by molar-refractivity contribution is 6.30. The van der Waals surface area contributed by atoms with E-state index in [0.717, 1.165) is 5.56 Å². The number of piperidine rings is 1. The Morgan fingerprint density at radius 1 is 1.04 bits per heavy atom. The van der Waals surface area contributed by atoms with Gasteiger partial charge in [0.25, 0.3) is 5.91 Å². The van der Waals surface area contributed by atoms with E-state index in [4.69, 9.17) is 11.6 Å². The molecule has 2 aromatic carbocycles. The highest BCUT2D eigenvalue weighted by atomic mass is 35.5. The van der Waals surface area contributed by atoms with Gasteiger partial charge in [0.15, 0.2) is 0 Å². The summed E-state index contributed by atoms with van der Waals surface area (Å²) in [5.41, 5.74) is 1.78. The van der Waals surface area contributed by atoms with Gasteiger partial charge in [-0.05, 0) is 56.5 Å². The molecule has 0 bridgehead atoms. The fourth-order valence-corrected chi connectivity index (χ4v) is 3.76. The smallest absolute Gasteiger partial charge is 0.253 e. The van der Waals surface area contributed by atoms with Gasteiger partial charge in [-0.1, -0.05) is 41.9 Å². The second-order valence-corrected chi connectivity index (χ2v) is 8.06. The molecule has 4 nitrogen and oxygen atoms in total. The van der Waals surface area contributed by atoms with Crippen LogP contribution in [0.5, 0.6) is 0 Å². The summed E-state index contributed by atoms with van der Waals surface area (Å²) in [7, 11) is 0. The molecular formula is C23H27ClN2O2. The first-order chi connectivity index (χ1) is 13.5. The molecule has 148 valence electrons. The maximum absolute atomic E-state index is 13.1. The second kappa shape index (κ2) is 9.24. The number of hydrogen-bond acceptors (Lipinski definition) is 2. The Kier molecular flexibility index (Phi) is 6.74. The van der Waals surface area contributed by atoms with Gasteiger partial charge in [-0.2, -0.15) is 0 Å². The van der Waals surface area contributed by atoms with Gasteiger partial charge in [0.1, 0.15) is 0 Å². The van der Waals surface area contributed by atoms with Gasteiger partial charge in [-0.25, -0.2) is 0 Å². The van der Waals surface area contributed by atoms with Crippen LogP contribution in [0.25, 0.3) is 0 Å². The average Bonchev–Trinajstić information content (AvgIpc) is 2.72. The molecule has 5 heteroatoms. The Morgan fingerprint density at radius 3 is 2.21 bits per heavy atom. The Labute approximate surface area is 172 Å². The zero-order valence-corrected chi connectivity index (χ0v) is 17.2. The van der Waals surface area contributed by atoms with E-state index >= 15 is 0 Å². The molecule has 1 saturated heterocycles. The topological polar surface area (TPSA) is 40.6 Å². The Bertz CT molecular complexity index is 797. The first kappa shape index (κ1) is 20.4. The van der Waals surface area contributed by atoms with E-state index in [1.54, 1.807) is 24.3 Å². The van der Waals surface area contributed by atoms with E-state index in [2.05, 4.69) is 26.0 Å². The molecule has 0 atom stereocenters. The highest BCUT2D eigenvalue weighted by Crippen LogP contribution is 2.23. The molecule has 1 aliphatic rings. The van der Waals surface area contributed by atoms with Crippen molar-refractivity contribution in [1.29, 1.82) is 0 Å². The predicted octanol–water partition coefficient (Wildman–Crippen LogP) is 4.63. The third-order valence-corrected chi connectivity index (χ3v) is 5.58. The molecule has 1 fully saturated rings.